The Balaban J connectivity index is 1.64. The van der Waals surface area contributed by atoms with Crippen LogP contribution in [0.1, 0.15) is 32.6 Å². The Morgan fingerprint density at radius 2 is 2.19 bits per heavy atom. The molecule has 2 aliphatic carbocycles. The second-order valence-electron chi connectivity index (χ2n) is 6.75. The summed E-state index contributed by atoms with van der Waals surface area (Å²) in [4.78, 5) is 17.2. The smallest absolute Gasteiger partial charge is 0.230 e. The van der Waals surface area contributed by atoms with Crippen molar-refractivity contribution in [1.29, 1.82) is 0 Å². The summed E-state index contributed by atoms with van der Waals surface area (Å²) < 4.78 is 0. The number of carbonyl (C=O) groups is 1. The molecule has 4 rings (SSSR count). The lowest BCUT2D eigenvalue weighted by Gasteiger charge is -2.32. The third-order valence-electron chi connectivity index (χ3n) is 5.41. The third kappa shape index (κ3) is 2.03. The number of amides is 1. The average molecular weight is 280 g/mol. The van der Waals surface area contributed by atoms with Gasteiger partial charge in [0.15, 0.2) is 0 Å². The minimum absolute atomic E-state index is 0.174. The molecule has 2 saturated carbocycles. The minimum atomic E-state index is -0.195. The highest BCUT2D eigenvalue weighted by Gasteiger charge is 2.55. The number of nitrogens with one attached hydrogen (secondary N) is 1. The van der Waals surface area contributed by atoms with Crippen LogP contribution >= 0.6 is 0 Å². The molecule has 0 spiro atoms. The summed E-state index contributed by atoms with van der Waals surface area (Å²) in [6.07, 6.45) is 6.51. The molecule has 0 bridgehead atoms. The first-order valence-corrected chi connectivity index (χ1v) is 7.84. The molecule has 2 fully saturated rings. The Morgan fingerprint density at radius 3 is 3.10 bits per heavy atom. The largest absolute Gasteiger partial charge is 0.324 e. The van der Waals surface area contributed by atoms with Gasteiger partial charge in [-0.2, -0.15) is 0 Å². The Bertz CT molecular complexity index is 706. The van der Waals surface area contributed by atoms with E-state index in [-0.39, 0.29) is 11.3 Å². The van der Waals surface area contributed by atoms with Crippen molar-refractivity contribution >= 4 is 22.5 Å². The van der Waals surface area contributed by atoms with Gasteiger partial charge in [0.05, 0.1) is 11.2 Å². The predicted molar refractivity (Wildman–Crippen MR) is 83.9 cm³/mol. The van der Waals surface area contributed by atoms with Gasteiger partial charge < -0.3 is 5.32 Å². The molecule has 0 radical (unpaired) electrons. The molecule has 0 unspecified atom stereocenters. The second-order valence-corrected chi connectivity index (χ2v) is 6.75. The van der Waals surface area contributed by atoms with Crippen LogP contribution in [0.2, 0.25) is 0 Å². The highest BCUT2D eigenvalue weighted by Crippen LogP contribution is 2.59. The summed E-state index contributed by atoms with van der Waals surface area (Å²) in [7, 11) is 0. The normalized spacial score (nSPS) is 30.7. The molecule has 1 aromatic carbocycles. The Kier molecular flexibility index (Phi) is 2.78. The van der Waals surface area contributed by atoms with E-state index in [1.807, 2.05) is 30.3 Å². The Labute approximate surface area is 124 Å². The molecular weight excluding hydrogens is 260 g/mol. The van der Waals surface area contributed by atoms with Crippen molar-refractivity contribution in [1.82, 2.24) is 4.98 Å². The van der Waals surface area contributed by atoms with Crippen molar-refractivity contribution in [3.63, 3.8) is 0 Å². The highest BCUT2D eigenvalue weighted by atomic mass is 16.2. The van der Waals surface area contributed by atoms with E-state index in [1.54, 1.807) is 6.20 Å². The summed E-state index contributed by atoms with van der Waals surface area (Å²) in [5, 5.41) is 4.21. The van der Waals surface area contributed by atoms with Crippen molar-refractivity contribution in [3.8, 4) is 0 Å². The third-order valence-corrected chi connectivity index (χ3v) is 5.41. The molecule has 0 saturated heterocycles. The number of hydrogen-bond acceptors (Lipinski definition) is 2. The zero-order chi connectivity index (χ0) is 14.4. The number of benzene rings is 1. The molecule has 3 heteroatoms. The van der Waals surface area contributed by atoms with Gasteiger partial charge in [-0.1, -0.05) is 38.0 Å². The van der Waals surface area contributed by atoms with Gasteiger partial charge >= 0.3 is 0 Å². The molecule has 1 amide bonds. The lowest BCUT2D eigenvalue weighted by molar-refractivity contribution is -0.127. The number of carbonyl (C=O) groups excluding carboxylic acids is 1. The van der Waals surface area contributed by atoms with Gasteiger partial charge in [0, 0.05) is 17.0 Å². The molecule has 0 aliphatic heterocycles. The maximum absolute atomic E-state index is 12.8. The van der Waals surface area contributed by atoms with E-state index in [1.165, 1.54) is 19.3 Å². The number of pyridine rings is 1. The number of para-hydroxylation sites is 1. The lowest BCUT2D eigenvalue weighted by Crippen LogP contribution is -2.37. The van der Waals surface area contributed by atoms with Gasteiger partial charge in [0.2, 0.25) is 5.91 Å². The lowest BCUT2D eigenvalue weighted by atomic mass is 9.74. The summed E-state index contributed by atoms with van der Waals surface area (Å²) >= 11 is 0. The van der Waals surface area contributed by atoms with Crippen LogP contribution in [0.3, 0.4) is 0 Å². The van der Waals surface area contributed by atoms with E-state index in [9.17, 15) is 4.79 Å². The summed E-state index contributed by atoms with van der Waals surface area (Å²) in [6, 6.07) is 9.90. The number of fused-ring (bicyclic) bond motifs is 2. The van der Waals surface area contributed by atoms with E-state index in [0.717, 1.165) is 28.9 Å². The zero-order valence-electron chi connectivity index (χ0n) is 12.3. The number of hydrogen-bond donors (Lipinski definition) is 1. The molecule has 2 aliphatic rings. The van der Waals surface area contributed by atoms with Crippen LogP contribution in [0, 0.1) is 17.3 Å². The topological polar surface area (TPSA) is 42.0 Å². The van der Waals surface area contributed by atoms with Crippen molar-refractivity contribution in [3.05, 3.63) is 36.5 Å². The average Bonchev–Trinajstić information content (AvgIpc) is 3.29. The van der Waals surface area contributed by atoms with Crippen LogP contribution in [0.5, 0.6) is 0 Å². The molecule has 3 atom stereocenters. The van der Waals surface area contributed by atoms with Crippen molar-refractivity contribution in [2.75, 3.05) is 5.32 Å². The highest BCUT2D eigenvalue weighted by molar-refractivity contribution is 6.02. The van der Waals surface area contributed by atoms with Gasteiger partial charge in [0.1, 0.15) is 0 Å². The van der Waals surface area contributed by atoms with E-state index in [2.05, 4.69) is 17.2 Å². The van der Waals surface area contributed by atoms with Crippen LogP contribution in [0.25, 0.3) is 10.9 Å². The van der Waals surface area contributed by atoms with Crippen LogP contribution in [0.15, 0.2) is 36.5 Å². The standard InChI is InChI=1S/C18H20N2O/c1-18(9-3-6-13-11-14(13)18)17(21)20-15-8-2-5-12-7-4-10-19-16(12)15/h2,4-5,7-8,10,13-14H,3,6,9,11H2,1H3,(H,20,21)/t13-,14+,18-/m1/s1. The van der Waals surface area contributed by atoms with Gasteiger partial charge in [-0.05, 0) is 36.8 Å². The fourth-order valence-electron chi connectivity index (χ4n) is 4.02. The summed E-state index contributed by atoms with van der Waals surface area (Å²) in [6.45, 7) is 2.14. The number of aromatic nitrogens is 1. The minimum Gasteiger partial charge on any atom is -0.324 e. The number of nitrogens with zero attached hydrogens (tertiary/aromatic N) is 1. The van der Waals surface area contributed by atoms with Crippen molar-refractivity contribution < 1.29 is 4.79 Å². The van der Waals surface area contributed by atoms with E-state index in [0.29, 0.717) is 5.92 Å². The van der Waals surface area contributed by atoms with Crippen LogP contribution in [-0.2, 0) is 4.79 Å². The molecule has 3 nitrogen and oxygen atoms in total. The Morgan fingerprint density at radius 1 is 1.33 bits per heavy atom. The van der Waals surface area contributed by atoms with Gasteiger partial charge in [-0.25, -0.2) is 0 Å². The number of rotatable bonds is 2. The Hall–Kier alpha value is -1.90. The maximum atomic E-state index is 12.8. The summed E-state index contributed by atoms with van der Waals surface area (Å²) in [5.74, 6) is 1.56. The molecule has 108 valence electrons. The zero-order valence-corrected chi connectivity index (χ0v) is 12.3. The maximum Gasteiger partial charge on any atom is 0.230 e. The van der Waals surface area contributed by atoms with Gasteiger partial charge in [-0.3, -0.25) is 9.78 Å². The van der Waals surface area contributed by atoms with E-state index >= 15 is 0 Å². The second kappa shape index (κ2) is 4.55. The molecule has 1 heterocycles. The van der Waals surface area contributed by atoms with Crippen molar-refractivity contribution in [2.24, 2.45) is 17.3 Å². The first-order chi connectivity index (χ1) is 10.2. The number of anilines is 1. The quantitative estimate of drug-likeness (QED) is 0.903. The van der Waals surface area contributed by atoms with Crippen LogP contribution in [-0.4, -0.2) is 10.9 Å². The van der Waals surface area contributed by atoms with Crippen LogP contribution < -0.4 is 5.32 Å². The molecule has 1 N–H and O–H groups in total. The predicted octanol–water partition coefficient (Wildman–Crippen LogP) is 4.00. The first-order valence-electron chi connectivity index (χ1n) is 7.84. The van der Waals surface area contributed by atoms with Crippen molar-refractivity contribution in [2.45, 2.75) is 32.6 Å². The van der Waals surface area contributed by atoms with E-state index < -0.39 is 0 Å². The monoisotopic (exact) mass is 280 g/mol. The molecule has 2 aromatic rings. The van der Waals surface area contributed by atoms with Crippen LogP contribution in [0.4, 0.5) is 5.69 Å². The summed E-state index contributed by atoms with van der Waals surface area (Å²) in [5.41, 5.74) is 1.52. The SMILES string of the molecule is C[C@@]1(C(=O)Nc2cccc3cccnc23)CCC[C@@H]2C[C@@H]21. The first kappa shape index (κ1) is 12.8. The molecular formula is C18H20N2O. The fraction of sp³-hybridized carbons (Fsp3) is 0.444. The molecule has 1 aromatic heterocycles. The van der Waals surface area contributed by atoms with E-state index in [4.69, 9.17) is 0 Å². The molecule has 21 heavy (non-hydrogen) atoms. The van der Waals surface area contributed by atoms with Gasteiger partial charge in [-0.15, -0.1) is 0 Å². The fourth-order valence-corrected chi connectivity index (χ4v) is 4.02. The van der Waals surface area contributed by atoms with Gasteiger partial charge in [0.25, 0.3) is 0 Å².